The number of amides is 1. The third-order valence-electron chi connectivity index (χ3n) is 4.37. The third-order valence-corrected chi connectivity index (χ3v) is 4.86. The van der Waals surface area contributed by atoms with E-state index >= 15 is 0 Å². The maximum absolute atomic E-state index is 12.9. The molecule has 5 nitrogen and oxygen atoms in total. The maximum Gasteiger partial charge on any atom is 0.257 e. The second kappa shape index (κ2) is 8.14. The number of hydrogen-bond acceptors (Lipinski definition) is 3. The van der Waals surface area contributed by atoms with Crippen LogP contribution in [0.15, 0.2) is 34.9 Å². The summed E-state index contributed by atoms with van der Waals surface area (Å²) in [4.78, 5) is 14.9. The summed E-state index contributed by atoms with van der Waals surface area (Å²) in [6.45, 7) is 3.61. The molecule has 1 N–H and O–H groups in total. The molecular formula is C17H22BrClN4O. The van der Waals surface area contributed by atoms with Crippen LogP contribution in [0.4, 0.5) is 0 Å². The molecule has 7 heteroatoms. The third kappa shape index (κ3) is 3.66. The van der Waals surface area contributed by atoms with Crippen LogP contribution >= 0.6 is 28.3 Å². The molecule has 24 heavy (non-hydrogen) atoms. The molecular weight excluding hydrogens is 392 g/mol. The number of carbonyl (C=O) groups is 1. The van der Waals surface area contributed by atoms with E-state index < -0.39 is 0 Å². The Labute approximate surface area is 157 Å². The number of aromatic nitrogens is 2. The minimum atomic E-state index is 0. The first-order chi connectivity index (χ1) is 11.1. The predicted molar refractivity (Wildman–Crippen MR) is 101 cm³/mol. The predicted octanol–water partition coefficient (Wildman–Crippen LogP) is 3.19. The van der Waals surface area contributed by atoms with Gasteiger partial charge < -0.3 is 10.2 Å². The van der Waals surface area contributed by atoms with Gasteiger partial charge in [-0.1, -0.05) is 22.0 Å². The molecule has 0 aliphatic carbocycles. The van der Waals surface area contributed by atoms with E-state index in [9.17, 15) is 4.79 Å². The summed E-state index contributed by atoms with van der Waals surface area (Å²) < 4.78 is 2.81. The van der Waals surface area contributed by atoms with Gasteiger partial charge in [0.1, 0.15) is 0 Å². The van der Waals surface area contributed by atoms with Crippen molar-refractivity contribution >= 4 is 34.2 Å². The van der Waals surface area contributed by atoms with E-state index in [1.165, 1.54) is 0 Å². The molecule has 1 aromatic heterocycles. The molecule has 2 aromatic rings. The quantitative estimate of drug-likeness (QED) is 0.837. The molecule has 1 aromatic carbocycles. The lowest BCUT2D eigenvalue weighted by Crippen LogP contribution is -2.41. The fourth-order valence-corrected chi connectivity index (χ4v) is 3.58. The van der Waals surface area contributed by atoms with E-state index in [0.717, 1.165) is 41.8 Å². The van der Waals surface area contributed by atoms with E-state index in [1.807, 2.05) is 47.8 Å². The first-order valence-corrected chi connectivity index (χ1v) is 8.67. The zero-order chi connectivity index (χ0) is 16.4. The summed E-state index contributed by atoms with van der Waals surface area (Å²) in [5.41, 5.74) is 2.51. The normalized spacial score (nSPS) is 17.0. The van der Waals surface area contributed by atoms with Crippen LogP contribution in [0.25, 0.3) is 5.69 Å². The Morgan fingerprint density at radius 3 is 2.96 bits per heavy atom. The van der Waals surface area contributed by atoms with E-state index in [0.29, 0.717) is 5.56 Å². The number of hydrogen-bond donors (Lipinski definition) is 1. The van der Waals surface area contributed by atoms with Gasteiger partial charge in [-0.3, -0.25) is 4.79 Å². The highest BCUT2D eigenvalue weighted by Crippen LogP contribution is 2.23. The van der Waals surface area contributed by atoms with Gasteiger partial charge in [-0.15, -0.1) is 12.4 Å². The molecule has 0 radical (unpaired) electrons. The van der Waals surface area contributed by atoms with Crippen molar-refractivity contribution in [3.63, 3.8) is 0 Å². The van der Waals surface area contributed by atoms with Crippen molar-refractivity contribution in [3.8, 4) is 5.69 Å². The first kappa shape index (κ1) is 19.0. The van der Waals surface area contributed by atoms with Gasteiger partial charge in [0.25, 0.3) is 5.91 Å². The molecule has 0 saturated carbocycles. The van der Waals surface area contributed by atoms with Gasteiger partial charge in [0.15, 0.2) is 0 Å². The second-order valence-electron chi connectivity index (χ2n) is 5.89. The Hall–Kier alpha value is -1.37. The van der Waals surface area contributed by atoms with Crippen molar-refractivity contribution in [1.29, 1.82) is 0 Å². The number of nitrogens with one attached hydrogen (secondary N) is 1. The molecule has 1 unspecified atom stereocenters. The SMILES string of the molecule is CNCC1CCCN1C(=O)c1cnn(-c2cccc(Br)c2)c1C.Cl. The largest absolute Gasteiger partial charge is 0.334 e. The number of likely N-dealkylation sites (tertiary alicyclic amines) is 1. The van der Waals surface area contributed by atoms with Crippen LogP contribution in [0, 0.1) is 6.92 Å². The Bertz CT molecular complexity index is 718. The van der Waals surface area contributed by atoms with Crippen LogP contribution in [0.3, 0.4) is 0 Å². The number of halogens is 2. The molecule has 2 heterocycles. The van der Waals surface area contributed by atoms with Gasteiger partial charge in [-0.25, -0.2) is 4.68 Å². The maximum atomic E-state index is 12.9. The zero-order valence-corrected chi connectivity index (χ0v) is 16.2. The minimum Gasteiger partial charge on any atom is -0.334 e. The molecule has 1 atom stereocenters. The molecule has 1 aliphatic heterocycles. The van der Waals surface area contributed by atoms with Crippen LogP contribution in [0.5, 0.6) is 0 Å². The van der Waals surface area contributed by atoms with Crippen molar-refractivity contribution < 1.29 is 4.79 Å². The molecule has 1 fully saturated rings. The van der Waals surface area contributed by atoms with Gasteiger partial charge in [0.05, 0.1) is 23.1 Å². The number of nitrogens with zero attached hydrogens (tertiary/aromatic N) is 3. The average Bonchev–Trinajstić information content (AvgIpc) is 3.14. The van der Waals surface area contributed by atoms with Crippen LogP contribution in [0.1, 0.15) is 28.9 Å². The average molecular weight is 414 g/mol. The highest BCUT2D eigenvalue weighted by molar-refractivity contribution is 9.10. The lowest BCUT2D eigenvalue weighted by Gasteiger charge is -2.24. The highest BCUT2D eigenvalue weighted by Gasteiger charge is 2.30. The van der Waals surface area contributed by atoms with E-state index in [1.54, 1.807) is 6.20 Å². The first-order valence-electron chi connectivity index (χ1n) is 7.88. The monoisotopic (exact) mass is 412 g/mol. The van der Waals surface area contributed by atoms with E-state index in [4.69, 9.17) is 0 Å². The standard InChI is InChI=1S/C17H21BrN4O.ClH/c1-12-16(17(23)21-8-4-7-15(21)10-19-2)11-20-22(12)14-6-3-5-13(18)9-14;/h3,5-6,9,11,15,19H,4,7-8,10H2,1-2H3;1H. The fourth-order valence-electron chi connectivity index (χ4n) is 3.19. The van der Waals surface area contributed by atoms with Crippen LogP contribution in [0.2, 0.25) is 0 Å². The molecule has 1 saturated heterocycles. The Morgan fingerprint density at radius 1 is 1.46 bits per heavy atom. The lowest BCUT2D eigenvalue weighted by molar-refractivity contribution is 0.0736. The van der Waals surface area contributed by atoms with Crippen molar-refractivity contribution in [2.75, 3.05) is 20.1 Å². The van der Waals surface area contributed by atoms with Gasteiger partial charge in [0.2, 0.25) is 0 Å². The topological polar surface area (TPSA) is 50.2 Å². The summed E-state index contributed by atoms with van der Waals surface area (Å²) in [6, 6.07) is 8.19. The number of likely N-dealkylation sites (N-methyl/N-ethyl adjacent to an activating group) is 1. The molecule has 1 aliphatic rings. The summed E-state index contributed by atoms with van der Waals surface area (Å²) >= 11 is 3.48. The number of rotatable bonds is 4. The highest BCUT2D eigenvalue weighted by atomic mass is 79.9. The fraction of sp³-hybridized carbons (Fsp3) is 0.412. The second-order valence-corrected chi connectivity index (χ2v) is 6.80. The smallest absolute Gasteiger partial charge is 0.257 e. The van der Waals surface area contributed by atoms with Crippen LogP contribution < -0.4 is 5.32 Å². The van der Waals surface area contributed by atoms with Crippen molar-refractivity contribution in [1.82, 2.24) is 20.0 Å². The van der Waals surface area contributed by atoms with Gasteiger partial charge in [0, 0.05) is 23.6 Å². The lowest BCUT2D eigenvalue weighted by atomic mass is 10.2. The van der Waals surface area contributed by atoms with Crippen LogP contribution in [-0.4, -0.2) is 46.8 Å². The number of carbonyl (C=O) groups excluding carboxylic acids is 1. The summed E-state index contributed by atoms with van der Waals surface area (Å²) in [5.74, 6) is 0.0847. The molecule has 1 amide bonds. The Kier molecular flexibility index (Phi) is 6.43. The number of benzene rings is 1. The van der Waals surface area contributed by atoms with Crippen molar-refractivity contribution in [3.05, 3.63) is 46.2 Å². The Balaban J connectivity index is 0.00000208. The van der Waals surface area contributed by atoms with Gasteiger partial charge in [-0.05, 0) is 45.0 Å². The van der Waals surface area contributed by atoms with E-state index in [-0.39, 0.29) is 24.4 Å². The molecule has 130 valence electrons. The summed E-state index contributed by atoms with van der Waals surface area (Å²) in [5, 5.41) is 7.60. The van der Waals surface area contributed by atoms with Crippen molar-refractivity contribution in [2.24, 2.45) is 0 Å². The van der Waals surface area contributed by atoms with Gasteiger partial charge in [-0.2, -0.15) is 5.10 Å². The van der Waals surface area contributed by atoms with Crippen LogP contribution in [-0.2, 0) is 0 Å². The zero-order valence-electron chi connectivity index (χ0n) is 13.8. The molecule has 3 rings (SSSR count). The molecule has 0 spiro atoms. The molecule has 0 bridgehead atoms. The summed E-state index contributed by atoms with van der Waals surface area (Å²) in [6.07, 6.45) is 3.82. The van der Waals surface area contributed by atoms with Crippen molar-refractivity contribution in [2.45, 2.75) is 25.8 Å². The Morgan fingerprint density at radius 2 is 2.25 bits per heavy atom. The van der Waals surface area contributed by atoms with Gasteiger partial charge >= 0.3 is 0 Å². The van der Waals surface area contributed by atoms with E-state index in [2.05, 4.69) is 26.3 Å². The summed E-state index contributed by atoms with van der Waals surface area (Å²) in [7, 11) is 1.93. The minimum absolute atomic E-state index is 0.